The molecule has 0 atom stereocenters. The zero-order valence-corrected chi connectivity index (χ0v) is 15.4. The Kier molecular flexibility index (Phi) is 14.6. The number of Topliss-reactive ketones (excluding diaryl/α,β-unsaturated/α-hetero) is 1. The number of hydrogen-bond donors (Lipinski definition) is 0. The van der Waals surface area contributed by atoms with E-state index in [1.807, 2.05) is 32.1 Å². The van der Waals surface area contributed by atoms with Crippen LogP contribution in [0.3, 0.4) is 0 Å². The molecular formula is C14H18BrMgN3O. The van der Waals surface area contributed by atoms with Crippen molar-refractivity contribution in [3.63, 3.8) is 0 Å². The van der Waals surface area contributed by atoms with Crippen molar-refractivity contribution in [3.05, 3.63) is 31.0 Å². The van der Waals surface area contributed by atoms with E-state index in [1.54, 1.807) is 0 Å². The summed E-state index contributed by atoms with van der Waals surface area (Å²) in [4.78, 5) is 18.6. The van der Waals surface area contributed by atoms with Crippen LogP contribution in [-0.2, 0) is 4.79 Å². The molecule has 2 rings (SSSR count). The van der Waals surface area contributed by atoms with Gasteiger partial charge in [0.1, 0.15) is 17.5 Å². The normalized spacial score (nSPS) is 14.5. The van der Waals surface area contributed by atoms with Gasteiger partial charge in [0.05, 0.1) is 0 Å². The van der Waals surface area contributed by atoms with Crippen molar-refractivity contribution in [2.75, 3.05) is 0 Å². The number of aliphatic imine (C=N–C) groups is 2. The van der Waals surface area contributed by atoms with Gasteiger partial charge in [-0.15, -0.1) is 0 Å². The van der Waals surface area contributed by atoms with Crippen molar-refractivity contribution < 1.29 is 21.8 Å². The molecule has 20 heavy (non-hydrogen) atoms. The molecule has 0 spiro atoms. The van der Waals surface area contributed by atoms with Crippen LogP contribution in [0.2, 0.25) is 0 Å². The topological polar surface area (TPSA) is 65.6 Å². The number of halogens is 1. The third kappa shape index (κ3) is 8.41. The second-order valence-electron chi connectivity index (χ2n) is 3.95. The molecule has 0 unspecified atom stereocenters. The number of nitrogens with zero attached hydrogens (tertiary/aromatic N) is 3. The van der Waals surface area contributed by atoms with E-state index in [-0.39, 0.29) is 53.2 Å². The summed E-state index contributed by atoms with van der Waals surface area (Å²) in [5.74, 6) is 0.0619. The Bertz CT molecular complexity index is 499. The van der Waals surface area contributed by atoms with Crippen LogP contribution >= 0.6 is 0 Å². The quantitative estimate of drug-likeness (QED) is 0.480. The van der Waals surface area contributed by atoms with E-state index >= 15 is 0 Å². The number of nitriles is 1. The fraction of sp³-hybridized carbons (Fsp3) is 0.357. The van der Waals surface area contributed by atoms with Crippen molar-refractivity contribution in [3.8, 4) is 6.07 Å². The zero-order chi connectivity index (χ0) is 12.8. The molecule has 0 aromatic carbocycles. The molecule has 0 fully saturated rings. The number of hydrogen-bond acceptors (Lipinski definition) is 4. The second-order valence-corrected chi connectivity index (χ2v) is 3.95. The SMILES string of the molecule is CC(=O)C1=CCC(C)=N1.CC1=NC(C#N)=CC1.[Br-].[CH3-].[Mg+2]. The van der Waals surface area contributed by atoms with Crippen molar-refractivity contribution in [1.29, 1.82) is 5.26 Å². The van der Waals surface area contributed by atoms with Crippen molar-refractivity contribution in [1.82, 2.24) is 0 Å². The number of allylic oxidation sites excluding steroid dienone is 4. The summed E-state index contributed by atoms with van der Waals surface area (Å²) in [7, 11) is 0. The third-order valence-corrected chi connectivity index (χ3v) is 2.28. The van der Waals surface area contributed by atoms with E-state index in [2.05, 4.69) is 9.98 Å². The molecule has 4 nitrogen and oxygen atoms in total. The van der Waals surface area contributed by atoms with Gasteiger partial charge in [0.15, 0.2) is 5.78 Å². The molecule has 0 aromatic rings. The molecule has 0 amide bonds. The Balaban J connectivity index is -0.000000252. The zero-order valence-electron chi connectivity index (χ0n) is 12.4. The van der Waals surface area contributed by atoms with Crippen LogP contribution in [0.15, 0.2) is 33.5 Å². The minimum atomic E-state index is 0. The molecular weight excluding hydrogens is 330 g/mol. The second kappa shape index (κ2) is 12.0. The van der Waals surface area contributed by atoms with Crippen molar-refractivity contribution in [2.45, 2.75) is 33.6 Å². The van der Waals surface area contributed by atoms with Crippen LogP contribution in [0.4, 0.5) is 0 Å². The first-order valence-electron chi connectivity index (χ1n) is 5.42. The van der Waals surface area contributed by atoms with E-state index in [9.17, 15) is 4.79 Å². The first-order valence-corrected chi connectivity index (χ1v) is 5.42. The Hall–Kier alpha value is -0.774. The molecule has 6 heteroatoms. The van der Waals surface area contributed by atoms with Gasteiger partial charge in [0.25, 0.3) is 0 Å². The monoisotopic (exact) mass is 347 g/mol. The van der Waals surface area contributed by atoms with Gasteiger partial charge >= 0.3 is 23.1 Å². The Morgan fingerprint density at radius 1 is 1.20 bits per heavy atom. The molecule has 2 aliphatic heterocycles. The smallest absolute Gasteiger partial charge is 1.00 e. The predicted octanol–water partition coefficient (Wildman–Crippen LogP) is -0.344. The van der Waals surface area contributed by atoms with Crippen molar-refractivity contribution >= 4 is 40.3 Å². The maximum atomic E-state index is 10.6. The van der Waals surface area contributed by atoms with Gasteiger partial charge in [-0.05, 0) is 26.0 Å². The average molecular weight is 349 g/mol. The molecule has 2 aliphatic rings. The molecule has 2 heterocycles. The minimum Gasteiger partial charge on any atom is -1.00 e. The van der Waals surface area contributed by atoms with Gasteiger partial charge in [0, 0.05) is 31.2 Å². The van der Waals surface area contributed by atoms with Gasteiger partial charge in [-0.25, -0.2) is 4.99 Å². The molecule has 0 N–H and O–H groups in total. The number of carbonyl (C=O) groups excluding carboxylic acids is 1. The molecule has 0 bridgehead atoms. The van der Waals surface area contributed by atoms with Gasteiger partial charge in [-0.1, -0.05) is 0 Å². The molecule has 0 saturated carbocycles. The fourth-order valence-electron chi connectivity index (χ4n) is 1.38. The Morgan fingerprint density at radius 2 is 1.70 bits per heavy atom. The summed E-state index contributed by atoms with van der Waals surface area (Å²) in [6, 6.07) is 1.97. The van der Waals surface area contributed by atoms with Crippen LogP contribution in [0.5, 0.6) is 0 Å². The predicted molar refractivity (Wildman–Crippen MR) is 80.1 cm³/mol. The van der Waals surface area contributed by atoms with E-state index in [1.165, 1.54) is 6.92 Å². The van der Waals surface area contributed by atoms with E-state index < -0.39 is 0 Å². The van der Waals surface area contributed by atoms with Gasteiger partial charge < -0.3 is 24.4 Å². The van der Waals surface area contributed by atoms with Crippen molar-refractivity contribution in [2.24, 2.45) is 9.98 Å². The summed E-state index contributed by atoms with van der Waals surface area (Å²) in [6.07, 6.45) is 5.38. The number of ketones is 1. The van der Waals surface area contributed by atoms with E-state index in [0.29, 0.717) is 11.4 Å². The van der Waals surface area contributed by atoms with Crippen LogP contribution in [0, 0.1) is 18.8 Å². The molecule has 0 saturated heterocycles. The standard InChI is InChI=1S/C7H9NO.C6H6N2.CH3.BrH.Mg/c1-5-3-4-7(8-5)6(2)9;1-5-2-3-6(4-7)8-5;;;/h4H,3H2,1-2H3;3H,2H2,1H3;1H3;1H;/q;;-1;;+2/p-1. The summed E-state index contributed by atoms with van der Waals surface area (Å²) < 4.78 is 0. The maximum Gasteiger partial charge on any atom is 2.00 e. The Labute approximate surface area is 147 Å². The van der Waals surface area contributed by atoms with Crippen LogP contribution in [-0.4, -0.2) is 40.3 Å². The molecule has 0 aliphatic carbocycles. The van der Waals surface area contributed by atoms with Gasteiger partial charge in [-0.3, -0.25) is 9.79 Å². The van der Waals surface area contributed by atoms with Crippen LogP contribution in [0.25, 0.3) is 0 Å². The average Bonchev–Trinajstić information content (AvgIpc) is 2.88. The molecule has 0 radical (unpaired) electrons. The van der Waals surface area contributed by atoms with Gasteiger partial charge in [-0.2, -0.15) is 5.26 Å². The summed E-state index contributed by atoms with van der Waals surface area (Å²) in [5, 5.41) is 8.26. The summed E-state index contributed by atoms with van der Waals surface area (Å²) in [5.41, 5.74) is 3.23. The summed E-state index contributed by atoms with van der Waals surface area (Å²) >= 11 is 0. The molecule has 104 valence electrons. The minimum absolute atomic E-state index is 0. The summed E-state index contributed by atoms with van der Waals surface area (Å²) in [6.45, 7) is 5.38. The number of rotatable bonds is 1. The number of carbonyl (C=O) groups is 1. The van der Waals surface area contributed by atoms with E-state index in [4.69, 9.17) is 5.26 Å². The largest absolute Gasteiger partial charge is 2.00 e. The fourth-order valence-corrected chi connectivity index (χ4v) is 1.38. The maximum absolute atomic E-state index is 10.6. The first kappa shape index (κ1) is 24.3. The first-order chi connectivity index (χ1) is 8.02. The van der Waals surface area contributed by atoms with Crippen LogP contribution in [0.1, 0.15) is 33.6 Å². The van der Waals surface area contributed by atoms with Gasteiger partial charge in [0.2, 0.25) is 0 Å². The third-order valence-electron chi connectivity index (χ3n) is 2.28. The Morgan fingerprint density at radius 3 is 1.90 bits per heavy atom. The molecule has 0 aromatic heterocycles. The van der Waals surface area contributed by atoms with E-state index in [0.717, 1.165) is 24.3 Å². The van der Waals surface area contributed by atoms with Crippen LogP contribution < -0.4 is 17.0 Å².